The third-order valence-electron chi connectivity index (χ3n) is 6.35. The van der Waals surface area contributed by atoms with Gasteiger partial charge in [0, 0.05) is 31.6 Å². The number of benzene rings is 3. The molecule has 0 spiro atoms. The van der Waals surface area contributed by atoms with Crippen LogP contribution in [0, 0.1) is 20.8 Å². The molecule has 0 aliphatic rings. The van der Waals surface area contributed by atoms with E-state index < -0.39 is 0 Å². The number of ether oxygens (including phenoxy) is 1. The lowest BCUT2D eigenvalue weighted by atomic mass is 9.96. The van der Waals surface area contributed by atoms with Crippen molar-refractivity contribution in [2.45, 2.75) is 40.5 Å². The van der Waals surface area contributed by atoms with E-state index in [1.54, 1.807) is 0 Å². The van der Waals surface area contributed by atoms with Crippen LogP contribution in [-0.4, -0.2) is 42.2 Å². The summed E-state index contributed by atoms with van der Waals surface area (Å²) in [5.74, 6) is 1.91. The van der Waals surface area contributed by atoms with E-state index in [1.807, 2.05) is 6.07 Å². The minimum Gasteiger partial charge on any atom is -0.491 e. The van der Waals surface area contributed by atoms with Crippen LogP contribution in [0.4, 0.5) is 5.82 Å². The smallest absolute Gasteiger partial charge is 0.135 e. The Bertz CT molecular complexity index is 1300. The van der Waals surface area contributed by atoms with Crippen molar-refractivity contribution in [3.63, 3.8) is 0 Å². The lowest BCUT2D eigenvalue weighted by molar-refractivity contribution is 0.200. The van der Waals surface area contributed by atoms with Crippen molar-refractivity contribution in [2.75, 3.05) is 32.2 Å². The Morgan fingerprint density at radius 3 is 2.32 bits per heavy atom. The van der Waals surface area contributed by atoms with Crippen molar-refractivity contribution >= 4 is 16.6 Å². The number of hydrogen-bond donors (Lipinski definition) is 1. The van der Waals surface area contributed by atoms with Gasteiger partial charge in [-0.3, -0.25) is 0 Å². The van der Waals surface area contributed by atoms with Gasteiger partial charge in [0.2, 0.25) is 0 Å². The summed E-state index contributed by atoms with van der Waals surface area (Å²) < 4.78 is 8.12. The molecule has 34 heavy (non-hydrogen) atoms. The van der Waals surface area contributed by atoms with Gasteiger partial charge in [0.25, 0.3) is 0 Å². The van der Waals surface area contributed by atoms with Crippen LogP contribution in [0.25, 0.3) is 16.5 Å². The first-order chi connectivity index (χ1) is 16.3. The summed E-state index contributed by atoms with van der Waals surface area (Å²) in [6.07, 6.45) is 1.54. The zero-order valence-electron chi connectivity index (χ0n) is 21.1. The summed E-state index contributed by atoms with van der Waals surface area (Å²) in [5.41, 5.74) is 8.26. The Morgan fingerprint density at radius 1 is 0.971 bits per heavy atom. The number of nitrogens with zero attached hydrogens (tertiary/aromatic N) is 3. The number of aryl methyl sites for hydroxylation is 4. The molecule has 0 amide bonds. The molecule has 178 valence electrons. The van der Waals surface area contributed by atoms with Gasteiger partial charge in [0.15, 0.2) is 0 Å². The van der Waals surface area contributed by atoms with E-state index in [-0.39, 0.29) is 13.2 Å². The molecule has 0 fully saturated rings. The van der Waals surface area contributed by atoms with E-state index in [4.69, 9.17) is 9.84 Å². The Kier molecular flexibility index (Phi) is 6.94. The maximum absolute atomic E-state index is 9.38. The van der Waals surface area contributed by atoms with Crippen LogP contribution in [0.5, 0.6) is 5.75 Å². The highest BCUT2D eigenvalue weighted by Crippen LogP contribution is 2.36. The van der Waals surface area contributed by atoms with E-state index in [1.165, 1.54) is 33.0 Å². The van der Waals surface area contributed by atoms with Crippen molar-refractivity contribution in [3.05, 3.63) is 82.0 Å². The summed E-state index contributed by atoms with van der Waals surface area (Å²) in [6, 6.07) is 17.0. The molecule has 0 bridgehead atoms. The average molecular weight is 458 g/mol. The number of aliphatic hydroxyl groups excluding tert-OH is 1. The molecular formula is C29H35N3O2. The summed E-state index contributed by atoms with van der Waals surface area (Å²) in [6.45, 7) is 8.88. The van der Waals surface area contributed by atoms with E-state index in [0.29, 0.717) is 6.42 Å². The van der Waals surface area contributed by atoms with Gasteiger partial charge in [-0.25, -0.2) is 4.68 Å². The number of hydrogen-bond acceptors (Lipinski definition) is 4. The molecule has 0 radical (unpaired) electrons. The molecule has 1 aromatic heterocycles. The molecule has 0 aliphatic carbocycles. The van der Waals surface area contributed by atoms with Crippen molar-refractivity contribution in [2.24, 2.45) is 0 Å². The van der Waals surface area contributed by atoms with Crippen LogP contribution < -0.4 is 9.64 Å². The van der Waals surface area contributed by atoms with E-state index in [9.17, 15) is 5.11 Å². The van der Waals surface area contributed by atoms with Gasteiger partial charge < -0.3 is 14.7 Å². The monoisotopic (exact) mass is 457 g/mol. The van der Waals surface area contributed by atoms with Gasteiger partial charge in [-0.2, -0.15) is 5.10 Å². The Labute approximate surface area is 202 Å². The van der Waals surface area contributed by atoms with Gasteiger partial charge in [0.05, 0.1) is 18.0 Å². The molecule has 5 heteroatoms. The molecule has 5 nitrogen and oxygen atoms in total. The van der Waals surface area contributed by atoms with Crippen LogP contribution in [0.1, 0.15) is 40.4 Å². The predicted molar refractivity (Wildman–Crippen MR) is 141 cm³/mol. The van der Waals surface area contributed by atoms with Crippen LogP contribution in [0.2, 0.25) is 0 Å². The Morgan fingerprint density at radius 2 is 1.68 bits per heavy atom. The van der Waals surface area contributed by atoms with Gasteiger partial charge in [-0.1, -0.05) is 55.0 Å². The number of fused-ring (bicyclic) bond motifs is 1. The third kappa shape index (κ3) is 4.40. The lowest BCUT2D eigenvalue weighted by Crippen LogP contribution is -2.17. The second kappa shape index (κ2) is 9.90. The second-order valence-electron chi connectivity index (χ2n) is 9.17. The standard InChI is InChI=1S/C29H35N3O2/c1-7-26-25(18-24-23-11-9-8-10-22(23)12-13-27(24)34-15-14-33)29(31(5)6)32(30-26)28-20(3)16-19(2)17-21(28)4/h8-13,16-17,33H,7,14-15,18H2,1-6H3. The first-order valence-electron chi connectivity index (χ1n) is 12.0. The number of anilines is 1. The molecule has 4 rings (SSSR count). The number of aliphatic hydroxyl groups is 1. The minimum absolute atomic E-state index is 0.0145. The molecular weight excluding hydrogens is 422 g/mol. The average Bonchev–Trinajstić information content (AvgIpc) is 3.15. The zero-order chi connectivity index (χ0) is 24.4. The molecule has 0 saturated heterocycles. The Hall–Kier alpha value is -3.31. The van der Waals surface area contributed by atoms with Crippen LogP contribution in [0.3, 0.4) is 0 Å². The summed E-state index contributed by atoms with van der Waals surface area (Å²) in [5, 5.41) is 16.9. The van der Waals surface area contributed by atoms with Crippen molar-refractivity contribution in [1.29, 1.82) is 0 Å². The van der Waals surface area contributed by atoms with Crippen molar-refractivity contribution in [1.82, 2.24) is 9.78 Å². The van der Waals surface area contributed by atoms with Crippen LogP contribution in [-0.2, 0) is 12.8 Å². The molecule has 0 saturated carbocycles. The Balaban J connectivity index is 1.94. The topological polar surface area (TPSA) is 50.5 Å². The van der Waals surface area contributed by atoms with Gasteiger partial charge in [-0.05, 0) is 55.2 Å². The highest BCUT2D eigenvalue weighted by Gasteiger charge is 2.24. The molecule has 1 N–H and O–H groups in total. The summed E-state index contributed by atoms with van der Waals surface area (Å²) in [4.78, 5) is 2.17. The minimum atomic E-state index is -0.0145. The molecule has 3 aromatic carbocycles. The first-order valence-corrected chi connectivity index (χ1v) is 12.0. The summed E-state index contributed by atoms with van der Waals surface area (Å²) in [7, 11) is 4.17. The van der Waals surface area contributed by atoms with Crippen LogP contribution in [0.15, 0.2) is 48.5 Å². The summed E-state index contributed by atoms with van der Waals surface area (Å²) >= 11 is 0. The fourth-order valence-corrected chi connectivity index (χ4v) is 5.04. The fourth-order valence-electron chi connectivity index (χ4n) is 5.04. The lowest BCUT2D eigenvalue weighted by Gasteiger charge is -2.21. The van der Waals surface area contributed by atoms with Crippen molar-refractivity contribution < 1.29 is 9.84 Å². The van der Waals surface area contributed by atoms with Gasteiger partial charge in [0.1, 0.15) is 18.2 Å². The third-order valence-corrected chi connectivity index (χ3v) is 6.35. The first kappa shape index (κ1) is 23.8. The van der Waals surface area contributed by atoms with Gasteiger partial charge >= 0.3 is 0 Å². The van der Waals surface area contributed by atoms with Gasteiger partial charge in [-0.15, -0.1) is 0 Å². The number of aromatic nitrogens is 2. The fraction of sp³-hybridized carbons (Fsp3) is 0.345. The normalized spacial score (nSPS) is 11.3. The largest absolute Gasteiger partial charge is 0.491 e. The van der Waals surface area contributed by atoms with E-state index in [0.717, 1.165) is 34.9 Å². The predicted octanol–water partition coefficient (Wildman–Crippen LogP) is 5.54. The quantitative estimate of drug-likeness (QED) is 0.377. The molecule has 0 atom stereocenters. The highest BCUT2D eigenvalue weighted by atomic mass is 16.5. The molecule has 0 unspecified atom stereocenters. The maximum atomic E-state index is 9.38. The van der Waals surface area contributed by atoms with Crippen LogP contribution >= 0.6 is 0 Å². The molecule has 1 heterocycles. The molecule has 4 aromatic rings. The SMILES string of the molecule is CCc1nn(-c2c(C)cc(C)cc2C)c(N(C)C)c1Cc1c(OCCO)ccc2ccccc12. The molecule has 0 aliphatic heterocycles. The van der Waals surface area contributed by atoms with Crippen molar-refractivity contribution in [3.8, 4) is 11.4 Å². The number of rotatable bonds is 8. The van der Waals surface area contributed by atoms with E-state index in [2.05, 4.69) is 93.8 Å². The zero-order valence-corrected chi connectivity index (χ0v) is 21.1. The highest BCUT2D eigenvalue weighted by molar-refractivity contribution is 5.88. The maximum Gasteiger partial charge on any atom is 0.135 e. The second-order valence-corrected chi connectivity index (χ2v) is 9.17. The van der Waals surface area contributed by atoms with E-state index >= 15 is 0 Å².